The molecule has 84 valence electrons. The summed E-state index contributed by atoms with van der Waals surface area (Å²) < 4.78 is 0. The number of benzene rings is 1. The van der Waals surface area contributed by atoms with Crippen LogP contribution < -0.4 is 11.5 Å². The second kappa shape index (κ2) is 4.44. The molecule has 2 rings (SSSR count). The van der Waals surface area contributed by atoms with E-state index in [9.17, 15) is 4.79 Å². The normalized spacial score (nSPS) is 10.8. The molecular weight excluding hydrogens is 224 g/mol. The number of rotatable bonds is 4. The van der Waals surface area contributed by atoms with E-state index in [1.165, 1.54) is 11.8 Å². The Hall–Kier alpha value is -1.69. The van der Waals surface area contributed by atoms with Gasteiger partial charge in [0.05, 0.1) is 11.0 Å². The number of anilines is 1. The van der Waals surface area contributed by atoms with E-state index < -0.39 is 0 Å². The fourth-order valence-corrected chi connectivity index (χ4v) is 2.16. The Morgan fingerprint density at radius 3 is 3.06 bits per heavy atom. The molecule has 0 radical (unpaired) electrons. The number of aromatic nitrogens is 2. The van der Waals surface area contributed by atoms with Gasteiger partial charge in [0.2, 0.25) is 5.91 Å². The molecule has 0 saturated heterocycles. The molecule has 0 saturated carbocycles. The summed E-state index contributed by atoms with van der Waals surface area (Å²) in [5.74, 6) is 0.331. The first kappa shape index (κ1) is 10.8. The zero-order chi connectivity index (χ0) is 11.5. The number of carbonyl (C=O) groups excluding carboxylic acids is 1. The number of carbonyl (C=O) groups is 1. The first-order valence-electron chi connectivity index (χ1n) is 4.81. The topological polar surface area (TPSA) is 97.8 Å². The number of nitrogen functional groups attached to an aromatic ring is 1. The number of nitrogens with zero attached hydrogens (tertiary/aromatic N) is 1. The van der Waals surface area contributed by atoms with Crippen molar-refractivity contribution in [3.63, 3.8) is 0 Å². The highest BCUT2D eigenvalue weighted by Crippen LogP contribution is 2.21. The summed E-state index contributed by atoms with van der Waals surface area (Å²) >= 11 is 1.47. The van der Waals surface area contributed by atoms with E-state index in [-0.39, 0.29) is 5.91 Å². The molecule has 0 unspecified atom stereocenters. The van der Waals surface area contributed by atoms with E-state index >= 15 is 0 Å². The second-order valence-corrected chi connectivity index (χ2v) is 4.47. The molecule has 1 aromatic carbocycles. The van der Waals surface area contributed by atoms with Gasteiger partial charge in [-0.15, -0.1) is 0 Å². The van der Waals surface area contributed by atoms with Gasteiger partial charge in [-0.1, -0.05) is 11.8 Å². The van der Waals surface area contributed by atoms with Gasteiger partial charge < -0.3 is 16.5 Å². The molecule has 1 heterocycles. The van der Waals surface area contributed by atoms with Crippen LogP contribution in [0.25, 0.3) is 11.0 Å². The third kappa shape index (κ3) is 2.46. The highest BCUT2D eigenvalue weighted by atomic mass is 32.2. The van der Waals surface area contributed by atoms with E-state index in [0.29, 0.717) is 17.9 Å². The number of aromatic amines is 1. The predicted molar refractivity (Wildman–Crippen MR) is 65.0 cm³/mol. The summed E-state index contributed by atoms with van der Waals surface area (Å²) in [6.45, 7) is 0. The minimum Gasteiger partial charge on any atom is -0.399 e. The number of thioether (sulfide) groups is 1. The average molecular weight is 236 g/mol. The number of hydrogen-bond acceptors (Lipinski definition) is 4. The first-order chi connectivity index (χ1) is 7.65. The van der Waals surface area contributed by atoms with Crippen LogP contribution in [0, 0.1) is 0 Å². The lowest BCUT2D eigenvalue weighted by atomic mass is 10.3. The number of amides is 1. The molecule has 2 aromatic rings. The standard InChI is InChI=1S/C10H12N4OS/c11-6-1-2-7-8(5-6)14-10(13-7)16-4-3-9(12)15/h1-2,5H,3-4,11H2,(H2,12,15)(H,13,14). The monoisotopic (exact) mass is 236 g/mol. The van der Waals surface area contributed by atoms with E-state index in [2.05, 4.69) is 9.97 Å². The van der Waals surface area contributed by atoms with Gasteiger partial charge in [0.1, 0.15) is 0 Å². The van der Waals surface area contributed by atoms with Gasteiger partial charge in [0, 0.05) is 17.9 Å². The zero-order valence-corrected chi connectivity index (χ0v) is 9.38. The molecule has 0 spiro atoms. The lowest BCUT2D eigenvalue weighted by Crippen LogP contribution is -2.10. The van der Waals surface area contributed by atoms with Gasteiger partial charge in [0.15, 0.2) is 5.16 Å². The summed E-state index contributed by atoms with van der Waals surface area (Å²) in [4.78, 5) is 18.0. The van der Waals surface area contributed by atoms with Crippen LogP contribution >= 0.6 is 11.8 Å². The van der Waals surface area contributed by atoms with E-state index in [1.54, 1.807) is 6.07 Å². The molecule has 0 atom stereocenters. The van der Waals surface area contributed by atoms with Gasteiger partial charge >= 0.3 is 0 Å². The Balaban J connectivity index is 2.10. The predicted octanol–water partition coefficient (Wildman–Crippen LogP) is 1.11. The van der Waals surface area contributed by atoms with Crippen molar-refractivity contribution in [3.05, 3.63) is 18.2 Å². The van der Waals surface area contributed by atoms with Crippen molar-refractivity contribution >= 4 is 34.4 Å². The molecule has 0 aliphatic carbocycles. The second-order valence-electron chi connectivity index (χ2n) is 3.38. The number of H-pyrrole nitrogens is 1. The van der Waals surface area contributed by atoms with Gasteiger partial charge in [-0.2, -0.15) is 0 Å². The van der Waals surface area contributed by atoms with Crippen LogP contribution in [0.3, 0.4) is 0 Å². The minimum atomic E-state index is -0.298. The molecule has 0 aliphatic rings. The van der Waals surface area contributed by atoms with Crippen LogP contribution in [-0.2, 0) is 4.79 Å². The molecule has 5 N–H and O–H groups in total. The Bertz CT molecular complexity index is 523. The van der Waals surface area contributed by atoms with Gasteiger partial charge in [-0.3, -0.25) is 4.79 Å². The number of imidazole rings is 1. The van der Waals surface area contributed by atoms with Gasteiger partial charge in [-0.05, 0) is 18.2 Å². The maximum absolute atomic E-state index is 10.6. The number of nitrogens with one attached hydrogen (secondary N) is 1. The molecule has 6 heteroatoms. The Morgan fingerprint density at radius 2 is 2.31 bits per heavy atom. The van der Waals surface area contributed by atoms with Crippen LogP contribution in [-0.4, -0.2) is 21.6 Å². The van der Waals surface area contributed by atoms with E-state index in [0.717, 1.165) is 16.2 Å². The van der Waals surface area contributed by atoms with E-state index in [4.69, 9.17) is 11.5 Å². The maximum Gasteiger partial charge on any atom is 0.218 e. The van der Waals surface area contributed by atoms with Gasteiger partial charge in [-0.25, -0.2) is 4.98 Å². The third-order valence-corrected chi connectivity index (χ3v) is 2.95. The van der Waals surface area contributed by atoms with Crippen molar-refractivity contribution in [3.8, 4) is 0 Å². The SMILES string of the molecule is NC(=O)CCSc1nc2ccc(N)cc2[nH]1. The number of fused-ring (bicyclic) bond motifs is 1. The lowest BCUT2D eigenvalue weighted by Gasteiger charge is -1.93. The van der Waals surface area contributed by atoms with Crippen LogP contribution in [0.2, 0.25) is 0 Å². The molecule has 16 heavy (non-hydrogen) atoms. The molecule has 1 amide bonds. The highest BCUT2D eigenvalue weighted by molar-refractivity contribution is 7.99. The molecule has 5 nitrogen and oxygen atoms in total. The Kier molecular flexibility index (Phi) is 3.00. The quantitative estimate of drug-likeness (QED) is 0.547. The summed E-state index contributed by atoms with van der Waals surface area (Å²) in [5, 5.41) is 0.779. The fourth-order valence-electron chi connectivity index (χ4n) is 1.32. The highest BCUT2D eigenvalue weighted by Gasteiger charge is 2.04. The van der Waals surface area contributed by atoms with Gasteiger partial charge in [0.25, 0.3) is 0 Å². The lowest BCUT2D eigenvalue weighted by molar-refractivity contribution is -0.117. The molecule has 0 aliphatic heterocycles. The largest absolute Gasteiger partial charge is 0.399 e. The smallest absolute Gasteiger partial charge is 0.218 e. The van der Waals surface area contributed by atoms with Crippen LogP contribution in [0.4, 0.5) is 5.69 Å². The van der Waals surface area contributed by atoms with E-state index in [1.807, 2.05) is 12.1 Å². The third-order valence-electron chi connectivity index (χ3n) is 2.07. The Labute approximate surface area is 96.6 Å². The number of nitrogens with two attached hydrogens (primary N) is 2. The number of primary amides is 1. The molecular formula is C10H12N4OS. The molecule has 0 bridgehead atoms. The summed E-state index contributed by atoms with van der Waals surface area (Å²) in [6.07, 6.45) is 0.351. The molecule has 1 aromatic heterocycles. The fraction of sp³-hybridized carbons (Fsp3) is 0.200. The van der Waals surface area contributed by atoms with Crippen molar-refractivity contribution in [2.24, 2.45) is 5.73 Å². The van der Waals surface area contributed by atoms with Crippen molar-refractivity contribution < 1.29 is 4.79 Å². The first-order valence-corrected chi connectivity index (χ1v) is 5.80. The minimum absolute atomic E-state index is 0.298. The average Bonchev–Trinajstić information content (AvgIpc) is 2.58. The number of hydrogen-bond donors (Lipinski definition) is 3. The summed E-state index contributed by atoms with van der Waals surface area (Å²) in [5.41, 5.74) is 13.2. The van der Waals surface area contributed by atoms with Crippen LogP contribution in [0.15, 0.2) is 23.4 Å². The van der Waals surface area contributed by atoms with Crippen molar-refractivity contribution in [1.29, 1.82) is 0 Å². The van der Waals surface area contributed by atoms with Crippen molar-refractivity contribution in [1.82, 2.24) is 9.97 Å². The summed E-state index contributed by atoms with van der Waals surface area (Å²) in [7, 11) is 0. The summed E-state index contributed by atoms with van der Waals surface area (Å²) in [6, 6.07) is 5.50. The van der Waals surface area contributed by atoms with Crippen molar-refractivity contribution in [2.45, 2.75) is 11.6 Å². The zero-order valence-electron chi connectivity index (χ0n) is 8.56. The molecule has 0 fully saturated rings. The van der Waals surface area contributed by atoms with Crippen LogP contribution in [0.5, 0.6) is 0 Å². The maximum atomic E-state index is 10.6. The van der Waals surface area contributed by atoms with Crippen LogP contribution in [0.1, 0.15) is 6.42 Å². The Morgan fingerprint density at radius 1 is 1.50 bits per heavy atom. The van der Waals surface area contributed by atoms with Crippen molar-refractivity contribution in [2.75, 3.05) is 11.5 Å².